The minimum Gasteiger partial charge on any atom is -0.386 e. The van der Waals surface area contributed by atoms with Gasteiger partial charge in [0.25, 0.3) is 5.91 Å². The fourth-order valence-corrected chi connectivity index (χ4v) is 2.91. The second-order valence-corrected chi connectivity index (χ2v) is 6.13. The summed E-state index contributed by atoms with van der Waals surface area (Å²) in [6, 6.07) is 6.82. The Kier molecular flexibility index (Phi) is 3.87. The van der Waals surface area contributed by atoms with Gasteiger partial charge in [-0.15, -0.1) is 21.5 Å². The minimum absolute atomic E-state index is 0.121. The summed E-state index contributed by atoms with van der Waals surface area (Å²) in [7, 11) is 0. The number of aliphatic hydroxyl groups is 1. The molecule has 3 heterocycles. The summed E-state index contributed by atoms with van der Waals surface area (Å²) in [5.41, 5.74) is 1.14. The van der Waals surface area contributed by atoms with Crippen molar-refractivity contribution in [2.24, 2.45) is 0 Å². The molecule has 3 aromatic rings. The van der Waals surface area contributed by atoms with Gasteiger partial charge in [0.15, 0.2) is 5.65 Å². The lowest BCUT2D eigenvalue weighted by molar-refractivity contribution is 0.0917. The maximum absolute atomic E-state index is 12.1. The zero-order valence-corrected chi connectivity index (χ0v) is 12.3. The van der Waals surface area contributed by atoms with E-state index in [1.165, 1.54) is 17.7 Å². The van der Waals surface area contributed by atoms with Gasteiger partial charge in [-0.1, -0.05) is 11.6 Å². The first-order chi connectivity index (χ1) is 10.1. The summed E-state index contributed by atoms with van der Waals surface area (Å²) in [6.45, 7) is 0.121. The van der Waals surface area contributed by atoms with Gasteiger partial charge in [-0.25, -0.2) is 0 Å². The van der Waals surface area contributed by atoms with Crippen LogP contribution in [0.5, 0.6) is 0 Å². The Morgan fingerprint density at radius 1 is 1.43 bits per heavy atom. The number of nitrogens with one attached hydrogen (secondary N) is 1. The number of thiophene rings is 1. The molecular weight excluding hydrogens is 312 g/mol. The van der Waals surface area contributed by atoms with Crippen LogP contribution in [0.3, 0.4) is 0 Å². The Balaban J connectivity index is 1.65. The number of rotatable bonds is 4. The number of pyridine rings is 1. The van der Waals surface area contributed by atoms with Crippen LogP contribution in [-0.2, 0) is 0 Å². The third-order valence-corrected chi connectivity index (χ3v) is 4.26. The van der Waals surface area contributed by atoms with Crippen LogP contribution in [0.25, 0.3) is 5.65 Å². The maximum atomic E-state index is 12.1. The monoisotopic (exact) mass is 322 g/mol. The summed E-state index contributed by atoms with van der Waals surface area (Å²) in [4.78, 5) is 12.8. The third-order valence-electron chi connectivity index (χ3n) is 2.93. The zero-order valence-electron chi connectivity index (χ0n) is 10.7. The van der Waals surface area contributed by atoms with E-state index in [1.54, 1.807) is 34.9 Å². The first-order valence-electron chi connectivity index (χ1n) is 6.14. The van der Waals surface area contributed by atoms with Crippen molar-refractivity contribution in [3.8, 4) is 0 Å². The highest BCUT2D eigenvalue weighted by atomic mass is 35.5. The molecule has 2 N–H and O–H groups in total. The molecule has 0 aliphatic carbocycles. The van der Waals surface area contributed by atoms with Crippen LogP contribution in [0.4, 0.5) is 0 Å². The molecule has 108 valence electrons. The van der Waals surface area contributed by atoms with E-state index in [2.05, 4.69) is 15.5 Å². The van der Waals surface area contributed by atoms with Gasteiger partial charge in [0, 0.05) is 17.6 Å². The lowest BCUT2D eigenvalue weighted by Crippen LogP contribution is -2.28. The highest BCUT2D eigenvalue weighted by molar-refractivity contribution is 7.16. The molecular formula is C13H11ClN4O2S. The molecule has 0 unspecified atom stereocenters. The number of amides is 1. The molecule has 21 heavy (non-hydrogen) atoms. The van der Waals surface area contributed by atoms with Gasteiger partial charge in [-0.3, -0.25) is 9.20 Å². The van der Waals surface area contributed by atoms with E-state index >= 15 is 0 Å². The summed E-state index contributed by atoms with van der Waals surface area (Å²) >= 11 is 7.10. The number of aliphatic hydroxyl groups excluding tert-OH is 1. The molecule has 0 saturated heterocycles. The lowest BCUT2D eigenvalue weighted by Gasteiger charge is -2.10. The first-order valence-corrected chi connectivity index (χ1v) is 7.34. The van der Waals surface area contributed by atoms with Crippen molar-refractivity contribution in [1.29, 1.82) is 0 Å². The molecule has 0 aliphatic heterocycles. The number of fused-ring (bicyclic) bond motifs is 1. The second-order valence-electron chi connectivity index (χ2n) is 4.38. The Bertz CT molecular complexity index is 785. The highest BCUT2D eigenvalue weighted by Crippen LogP contribution is 2.26. The minimum atomic E-state index is -0.773. The van der Waals surface area contributed by atoms with E-state index in [1.807, 2.05) is 0 Å². The number of nitrogens with zero attached hydrogens (tertiary/aromatic N) is 3. The van der Waals surface area contributed by atoms with E-state index in [-0.39, 0.29) is 12.5 Å². The first kappa shape index (κ1) is 14.0. The number of carbonyl (C=O) groups excluding carboxylic acids is 1. The SMILES string of the molecule is O=C(NC[C@H](O)c1ccc(Cl)s1)c1ccc2nncn2c1. The Morgan fingerprint density at radius 2 is 2.29 bits per heavy atom. The number of halogens is 1. The number of aromatic nitrogens is 3. The van der Waals surface area contributed by atoms with Gasteiger partial charge < -0.3 is 10.4 Å². The van der Waals surface area contributed by atoms with Crippen molar-refractivity contribution >= 4 is 34.5 Å². The van der Waals surface area contributed by atoms with Gasteiger partial charge in [0.2, 0.25) is 0 Å². The molecule has 0 fully saturated rings. The Morgan fingerprint density at radius 3 is 3.05 bits per heavy atom. The maximum Gasteiger partial charge on any atom is 0.252 e. The number of hydrogen-bond acceptors (Lipinski definition) is 5. The van der Waals surface area contributed by atoms with Gasteiger partial charge in [0.1, 0.15) is 12.4 Å². The number of hydrogen-bond donors (Lipinski definition) is 2. The van der Waals surface area contributed by atoms with Crippen LogP contribution < -0.4 is 5.32 Å². The summed E-state index contributed by atoms with van der Waals surface area (Å²) < 4.78 is 2.26. The molecule has 1 amide bonds. The quantitative estimate of drug-likeness (QED) is 0.769. The average molecular weight is 323 g/mol. The topological polar surface area (TPSA) is 79.5 Å². The molecule has 0 bridgehead atoms. The van der Waals surface area contributed by atoms with Gasteiger partial charge in [0.05, 0.1) is 9.90 Å². The molecule has 3 aromatic heterocycles. The molecule has 6 nitrogen and oxygen atoms in total. The normalized spacial score (nSPS) is 12.5. The summed E-state index contributed by atoms with van der Waals surface area (Å²) in [5, 5.41) is 20.3. The van der Waals surface area contributed by atoms with Crippen molar-refractivity contribution in [1.82, 2.24) is 19.9 Å². The Labute approximate surface area is 129 Å². The van der Waals surface area contributed by atoms with Crippen LogP contribution in [0.15, 0.2) is 36.8 Å². The van der Waals surface area contributed by atoms with Gasteiger partial charge in [-0.05, 0) is 24.3 Å². The van der Waals surface area contributed by atoms with Crippen LogP contribution in [0.2, 0.25) is 4.34 Å². The van der Waals surface area contributed by atoms with Crippen molar-refractivity contribution in [3.05, 3.63) is 51.6 Å². The fraction of sp³-hybridized carbons (Fsp3) is 0.154. The summed E-state index contributed by atoms with van der Waals surface area (Å²) in [5.74, 6) is -0.271. The second kappa shape index (κ2) is 5.80. The van der Waals surface area contributed by atoms with Crippen LogP contribution in [-0.4, -0.2) is 32.2 Å². The Hall–Kier alpha value is -1.96. The molecule has 0 aromatic carbocycles. The summed E-state index contributed by atoms with van der Waals surface area (Å²) in [6.07, 6.45) is 2.39. The predicted molar refractivity (Wildman–Crippen MR) is 79.6 cm³/mol. The van der Waals surface area contributed by atoms with Crippen molar-refractivity contribution in [3.63, 3.8) is 0 Å². The van der Waals surface area contributed by atoms with Crippen LogP contribution in [0.1, 0.15) is 21.3 Å². The molecule has 0 spiro atoms. The van der Waals surface area contributed by atoms with Gasteiger partial charge >= 0.3 is 0 Å². The lowest BCUT2D eigenvalue weighted by atomic mass is 10.2. The smallest absolute Gasteiger partial charge is 0.252 e. The molecule has 0 aliphatic rings. The van der Waals surface area contributed by atoms with Crippen molar-refractivity contribution < 1.29 is 9.90 Å². The van der Waals surface area contributed by atoms with Gasteiger partial charge in [-0.2, -0.15) is 0 Å². The van der Waals surface area contributed by atoms with E-state index < -0.39 is 6.10 Å². The zero-order chi connectivity index (χ0) is 14.8. The van der Waals surface area contributed by atoms with E-state index in [9.17, 15) is 9.90 Å². The third kappa shape index (κ3) is 3.05. The van der Waals surface area contributed by atoms with Crippen molar-refractivity contribution in [2.45, 2.75) is 6.10 Å². The molecule has 0 radical (unpaired) electrons. The molecule has 0 saturated carbocycles. The van der Waals surface area contributed by atoms with E-state index in [4.69, 9.17) is 11.6 Å². The highest BCUT2D eigenvalue weighted by Gasteiger charge is 2.13. The standard InChI is InChI=1S/C13H11ClN4O2S/c14-11-3-2-10(21-11)9(19)5-15-13(20)8-1-4-12-17-16-7-18(12)6-8/h1-4,6-7,9,19H,5H2,(H,15,20)/t9-/m0/s1. The largest absolute Gasteiger partial charge is 0.386 e. The average Bonchev–Trinajstić information content (AvgIpc) is 3.12. The molecule has 1 atom stereocenters. The van der Waals surface area contributed by atoms with Crippen molar-refractivity contribution in [2.75, 3.05) is 6.54 Å². The van der Waals surface area contributed by atoms with Crippen LogP contribution in [0, 0.1) is 0 Å². The van der Waals surface area contributed by atoms with E-state index in [0.717, 1.165) is 4.88 Å². The molecule has 3 rings (SSSR count). The molecule has 8 heteroatoms. The fourth-order valence-electron chi connectivity index (χ4n) is 1.86. The van der Waals surface area contributed by atoms with Crippen LogP contribution >= 0.6 is 22.9 Å². The van der Waals surface area contributed by atoms with E-state index in [0.29, 0.717) is 15.5 Å². The predicted octanol–water partition coefficient (Wildman–Crippen LogP) is 1.91. The number of carbonyl (C=O) groups is 1.